The van der Waals surface area contributed by atoms with E-state index in [1.165, 1.54) is 4.90 Å². The van der Waals surface area contributed by atoms with Gasteiger partial charge in [-0.3, -0.25) is 4.79 Å². The third-order valence-electron chi connectivity index (χ3n) is 3.38. The summed E-state index contributed by atoms with van der Waals surface area (Å²) in [6.07, 6.45) is -0.231. The molecule has 0 aliphatic heterocycles. The third-order valence-corrected chi connectivity index (χ3v) is 3.38. The highest BCUT2D eigenvalue weighted by atomic mass is 16.6. The molecule has 0 aromatic heterocycles. The van der Waals surface area contributed by atoms with Crippen LogP contribution in [0, 0.1) is 0 Å². The lowest BCUT2D eigenvalue weighted by Gasteiger charge is -2.20. The number of anilines is 1. The zero-order chi connectivity index (χ0) is 16.7. The number of para-hydroxylation sites is 1. The van der Waals surface area contributed by atoms with E-state index in [0.717, 1.165) is 11.3 Å². The molecular formula is C18H21N3O2. The van der Waals surface area contributed by atoms with Crippen molar-refractivity contribution in [1.29, 1.82) is 0 Å². The van der Waals surface area contributed by atoms with E-state index in [2.05, 4.69) is 5.16 Å². The molecular weight excluding hydrogens is 290 g/mol. The molecule has 5 nitrogen and oxygen atoms in total. The van der Waals surface area contributed by atoms with E-state index in [1.54, 1.807) is 14.0 Å². The Hall–Kier alpha value is -2.82. The summed E-state index contributed by atoms with van der Waals surface area (Å²) in [6, 6.07) is 19.1. The quantitative estimate of drug-likeness (QED) is 0.506. The molecule has 0 aliphatic rings. The average Bonchev–Trinajstić information content (AvgIpc) is 2.60. The molecule has 1 unspecified atom stereocenters. The maximum atomic E-state index is 12.3. The van der Waals surface area contributed by atoms with Gasteiger partial charge in [0.1, 0.15) is 5.84 Å². The van der Waals surface area contributed by atoms with E-state index in [-0.39, 0.29) is 5.91 Å². The second-order valence-electron chi connectivity index (χ2n) is 5.23. The van der Waals surface area contributed by atoms with Crippen LogP contribution in [0.15, 0.2) is 65.8 Å². The minimum Gasteiger partial charge on any atom is -0.384 e. The van der Waals surface area contributed by atoms with Crippen LogP contribution >= 0.6 is 0 Å². The predicted molar refractivity (Wildman–Crippen MR) is 92.2 cm³/mol. The van der Waals surface area contributed by atoms with Crippen LogP contribution in [-0.2, 0) is 16.1 Å². The molecule has 2 rings (SSSR count). The molecule has 5 heteroatoms. The average molecular weight is 311 g/mol. The Morgan fingerprint density at radius 3 is 2.30 bits per heavy atom. The number of hydrogen-bond acceptors (Lipinski definition) is 3. The van der Waals surface area contributed by atoms with Crippen molar-refractivity contribution in [2.75, 3.05) is 11.9 Å². The van der Waals surface area contributed by atoms with E-state index in [9.17, 15) is 4.79 Å². The Morgan fingerprint density at radius 2 is 1.70 bits per heavy atom. The number of rotatable bonds is 6. The molecule has 0 radical (unpaired) electrons. The maximum absolute atomic E-state index is 12.3. The molecule has 2 aromatic rings. The van der Waals surface area contributed by atoms with Crippen molar-refractivity contribution in [1.82, 2.24) is 0 Å². The van der Waals surface area contributed by atoms with Gasteiger partial charge in [0.05, 0.1) is 0 Å². The summed E-state index contributed by atoms with van der Waals surface area (Å²) in [5.41, 5.74) is 7.68. The monoisotopic (exact) mass is 311 g/mol. The van der Waals surface area contributed by atoms with Gasteiger partial charge in [0.25, 0.3) is 5.91 Å². The van der Waals surface area contributed by atoms with Crippen LogP contribution < -0.4 is 10.6 Å². The van der Waals surface area contributed by atoms with Gasteiger partial charge in [0.15, 0.2) is 0 Å². The number of amidine groups is 1. The molecule has 0 aliphatic carbocycles. The Bertz CT molecular complexity index is 656. The summed E-state index contributed by atoms with van der Waals surface area (Å²) in [5.74, 6) is 0.144. The van der Waals surface area contributed by atoms with E-state index >= 15 is 0 Å². The SMILES string of the molecule is CC(O/N=C(\N)Cc1ccccc1)C(=O)N(C)c1ccccc1. The normalized spacial score (nSPS) is 12.5. The van der Waals surface area contributed by atoms with Crippen molar-refractivity contribution >= 4 is 17.4 Å². The van der Waals surface area contributed by atoms with Crippen LogP contribution in [0.1, 0.15) is 12.5 Å². The van der Waals surface area contributed by atoms with Gasteiger partial charge < -0.3 is 15.5 Å². The molecule has 23 heavy (non-hydrogen) atoms. The molecule has 0 bridgehead atoms. The first-order valence-corrected chi connectivity index (χ1v) is 7.42. The fourth-order valence-corrected chi connectivity index (χ4v) is 2.08. The highest BCUT2D eigenvalue weighted by molar-refractivity contribution is 5.95. The first kappa shape index (κ1) is 16.5. The molecule has 0 heterocycles. The van der Waals surface area contributed by atoms with Crippen molar-refractivity contribution in [3.05, 3.63) is 66.2 Å². The van der Waals surface area contributed by atoms with Gasteiger partial charge in [-0.05, 0) is 24.6 Å². The highest BCUT2D eigenvalue weighted by Gasteiger charge is 2.20. The fraction of sp³-hybridized carbons (Fsp3) is 0.222. The standard InChI is InChI=1S/C18H21N3O2/c1-14(18(22)21(2)16-11-7-4-8-12-16)23-20-17(19)13-15-9-5-3-6-10-15/h3-12,14H,13H2,1-2H3,(H2,19,20). The van der Waals surface area contributed by atoms with E-state index < -0.39 is 6.10 Å². The second kappa shape index (κ2) is 7.98. The summed E-state index contributed by atoms with van der Waals surface area (Å²) in [4.78, 5) is 19.1. The van der Waals surface area contributed by atoms with Crippen LogP contribution in [0.2, 0.25) is 0 Å². The van der Waals surface area contributed by atoms with E-state index in [1.807, 2.05) is 60.7 Å². The minimum atomic E-state index is -0.713. The van der Waals surface area contributed by atoms with E-state index in [4.69, 9.17) is 10.6 Å². The lowest BCUT2D eigenvalue weighted by molar-refractivity contribution is -0.128. The van der Waals surface area contributed by atoms with Crippen molar-refractivity contribution in [2.24, 2.45) is 10.9 Å². The smallest absolute Gasteiger partial charge is 0.270 e. The number of likely N-dealkylation sites (N-methyl/N-ethyl adjacent to an activating group) is 1. The molecule has 2 aromatic carbocycles. The molecule has 0 fully saturated rings. The van der Waals surface area contributed by atoms with Gasteiger partial charge in [0, 0.05) is 19.2 Å². The second-order valence-corrected chi connectivity index (χ2v) is 5.23. The van der Waals surface area contributed by atoms with Crippen molar-refractivity contribution in [3.63, 3.8) is 0 Å². The number of nitrogens with two attached hydrogens (primary N) is 1. The van der Waals surface area contributed by atoms with Crippen LogP contribution in [0.25, 0.3) is 0 Å². The first-order valence-electron chi connectivity index (χ1n) is 7.42. The van der Waals surface area contributed by atoms with Crippen LogP contribution in [0.5, 0.6) is 0 Å². The molecule has 2 N–H and O–H groups in total. The first-order chi connectivity index (χ1) is 11.1. The van der Waals surface area contributed by atoms with Gasteiger partial charge in [-0.1, -0.05) is 53.7 Å². The van der Waals surface area contributed by atoms with Crippen LogP contribution in [-0.4, -0.2) is 24.9 Å². The predicted octanol–water partition coefficient (Wildman–Crippen LogP) is 2.57. The van der Waals surface area contributed by atoms with Gasteiger partial charge in [-0.15, -0.1) is 0 Å². The zero-order valence-electron chi connectivity index (χ0n) is 13.3. The molecule has 1 amide bonds. The fourth-order valence-electron chi connectivity index (χ4n) is 2.08. The van der Waals surface area contributed by atoms with Crippen molar-refractivity contribution in [2.45, 2.75) is 19.4 Å². The summed E-state index contributed by atoms with van der Waals surface area (Å²) < 4.78 is 0. The van der Waals surface area contributed by atoms with Gasteiger partial charge >= 0.3 is 0 Å². The van der Waals surface area contributed by atoms with Gasteiger partial charge in [-0.2, -0.15) is 0 Å². The molecule has 0 spiro atoms. The van der Waals surface area contributed by atoms with E-state index in [0.29, 0.717) is 12.3 Å². The lowest BCUT2D eigenvalue weighted by atomic mass is 10.1. The number of benzene rings is 2. The number of hydrogen-bond donors (Lipinski definition) is 1. The molecule has 0 saturated carbocycles. The zero-order valence-corrected chi connectivity index (χ0v) is 13.3. The number of carbonyl (C=O) groups is 1. The van der Waals surface area contributed by atoms with Crippen LogP contribution in [0.3, 0.4) is 0 Å². The Kier molecular flexibility index (Phi) is 5.74. The molecule has 1 atom stereocenters. The summed E-state index contributed by atoms with van der Waals surface area (Å²) in [7, 11) is 1.70. The Balaban J connectivity index is 1.91. The maximum Gasteiger partial charge on any atom is 0.270 e. The Morgan fingerprint density at radius 1 is 1.13 bits per heavy atom. The molecule has 120 valence electrons. The van der Waals surface area contributed by atoms with Gasteiger partial charge in [-0.25, -0.2) is 0 Å². The van der Waals surface area contributed by atoms with Crippen molar-refractivity contribution < 1.29 is 9.63 Å². The number of oxime groups is 1. The summed E-state index contributed by atoms with van der Waals surface area (Å²) in [6.45, 7) is 1.65. The largest absolute Gasteiger partial charge is 0.384 e. The minimum absolute atomic E-state index is 0.188. The molecule has 0 saturated heterocycles. The van der Waals surface area contributed by atoms with Crippen LogP contribution in [0.4, 0.5) is 5.69 Å². The number of amides is 1. The summed E-state index contributed by atoms with van der Waals surface area (Å²) >= 11 is 0. The highest BCUT2D eigenvalue weighted by Crippen LogP contribution is 2.13. The summed E-state index contributed by atoms with van der Waals surface area (Å²) in [5, 5.41) is 3.86. The topological polar surface area (TPSA) is 67.9 Å². The van der Waals surface area contributed by atoms with Gasteiger partial charge in [0.2, 0.25) is 6.10 Å². The lowest BCUT2D eigenvalue weighted by Crippen LogP contribution is -2.36. The third kappa shape index (κ3) is 4.85. The number of carbonyl (C=O) groups excluding carboxylic acids is 1. The Labute approximate surface area is 136 Å². The number of nitrogens with zero attached hydrogens (tertiary/aromatic N) is 2. The van der Waals surface area contributed by atoms with Crippen molar-refractivity contribution in [3.8, 4) is 0 Å².